The number of benzene rings is 1. The van der Waals surface area contributed by atoms with Crippen LogP contribution in [0.4, 0.5) is 5.82 Å². The van der Waals surface area contributed by atoms with Crippen LogP contribution in [0.15, 0.2) is 42.6 Å². The Morgan fingerprint density at radius 1 is 1.25 bits per heavy atom. The van der Waals surface area contributed by atoms with E-state index in [1.807, 2.05) is 31.2 Å². The van der Waals surface area contributed by atoms with Crippen molar-refractivity contribution in [2.75, 3.05) is 5.32 Å². The molecule has 120 valence electrons. The first-order chi connectivity index (χ1) is 11.6. The third-order valence-electron chi connectivity index (χ3n) is 3.58. The van der Waals surface area contributed by atoms with Crippen LogP contribution in [0, 0.1) is 18.3 Å². The molecule has 24 heavy (non-hydrogen) atoms. The minimum atomic E-state index is -0.0447. The topological polar surface area (TPSA) is 61.6 Å². The number of nitrogens with one attached hydrogen (secondary N) is 1. The summed E-state index contributed by atoms with van der Waals surface area (Å²) in [4.78, 5) is 10.1. The van der Waals surface area contributed by atoms with Crippen molar-refractivity contribution in [3.63, 3.8) is 0 Å². The summed E-state index contributed by atoms with van der Waals surface area (Å²) >= 11 is 7.59. The van der Waals surface area contributed by atoms with E-state index >= 15 is 0 Å². The number of rotatable bonds is 4. The Morgan fingerprint density at radius 2 is 2.00 bits per heavy atom. The van der Waals surface area contributed by atoms with Gasteiger partial charge in [0.15, 0.2) is 0 Å². The van der Waals surface area contributed by atoms with Crippen LogP contribution in [0.2, 0.25) is 5.02 Å². The Balaban J connectivity index is 1.86. The van der Waals surface area contributed by atoms with Gasteiger partial charge in [-0.2, -0.15) is 5.26 Å². The highest BCUT2D eigenvalue weighted by Crippen LogP contribution is 2.32. The molecule has 6 heteroatoms. The Bertz CT molecular complexity index is 896. The van der Waals surface area contributed by atoms with Crippen molar-refractivity contribution in [1.29, 1.82) is 5.26 Å². The Labute approximate surface area is 149 Å². The smallest absolute Gasteiger partial charge is 0.144 e. The molecule has 0 bridgehead atoms. The molecule has 0 fully saturated rings. The van der Waals surface area contributed by atoms with E-state index in [4.69, 9.17) is 21.8 Å². The molecule has 2 heterocycles. The lowest BCUT2D eigenvalue weighted by molar-refractivity contribution is 0.861. The van der Waals surface area contributed by atoms with E-state index in [0.29, 0.717) is 16.4 Å². The molecule has 2 aromatic heterocycles. The van der Waals surface area contributed by atoms with E-state index < -0.39 is 0 Å². The zero-order chi connectivity index (χ0) is 17.1. The maximum absolute atomic E-state index is 9.17. The van der Waals surface area contributed by atoms with Crippen LogP contribution in [0.3, 0.4) is 0 Å². The van der Waals surface area contributed by atoms with E-state index in [9.17, 15) is 0 Å². The fourth-order valence-corrected chi connectivity index (χ4v) is 3.43. The quantitative estimate of drug-likeness (QED) is 0.698. The third kappa shape index (κ3) is 3.40. The van der Waals surface area contributed by atoms with Crippen LogP contribution < -0.4 is 5.32 Å². The van der Waals surface area contributed by atoms with Gasteiger partial charge >= 0.3 is 0 Å². The molecule has 3 aromatic rings. The largest absolute Gasteiger partial charge is 0.360 e. The summed E-state index contributed by atoms with van der Waals surface area (Å²) < 4.78 is 0. The molecule has 0 aliphatic rings. The minimum absolute atomic E-state index is 0.0447. The van der Waals surface area contributed by atoms with Gasteiger partial charge in [0.2, 0.25) is 0 Å². The Morgan fingerprint density at radius 3 is 2.71 bits per heavy atom. The van der Waals surface area contributed by atoms with Crippen molar-refractivity contribution in [3.05, 3.63) is 63.1 Å². The maximum Gasteiger partial charge on any atom is 0.144 e. The van der Waals surface area contributed by atoms with E-state index in [0.717, 1.165) is 21.1 Å². The molecular weight excluding hydrogens is 340 g/mol. The van der Waals surface area contributed by atoms with E-state index in [1.54, 1.807) is 29.7 Å². The molecule has 0 saturated carbocycles. The second-order valence-electron chi connectivity index (χ2n) is 5.34. The average Bonchev–Trinajstić information content (AvgIpc) is 2.98. The number of nitrogens with zero attached hydrogens (tertiary/aromatic N) is 3. The summed E-state index contributed by atoms with van der Waals surface area (Å²) in [7, 11) is 0. The minimum Gasteiger partial charge on any atom is -0.360 e. The van der Waals surface area contributed by atoms with Gasteiger partial charge in [-0.25, -0.2) is 9.97 Å². The summed E-state index contributed by atoms with van der Waals surface area (Å²) in [6.07, 6.45) is 1.67. The van der Waals surface area contributed by atoms with Crippen molar-refractivity contribution in [1.82, 2.24) is 9.97 Å². The number of anilines is 1. The van der Waals surface area contributed by atoms with Gasteiger partial charge in [0.05, 0.1) is 17.3 Å². The molecule has 1 atom stereocenters. The SMILES string of the molecule is Cc1sc(C(C)Nc2ncccc2C#N)nc1-c1ccc(Cl)cc1. The van der Waals surface area contributed by atoms with Gasteiger partial charge < -0.3 is 5.32 Å². The highest BCUT2D eigenvalue weighted by Gasteiger charge is 2.16. The Kier molecular flexibility index (Phi) is 4.79. The first-order valence-corrected chi connectivity index (χ1v) is 8.63. The molecular formula is C18H15ClN4S. The number of pyridine rings is 1. The normalized spacial score (nSPS) is 11.8. The summed E-state index contributed by atoms with van der Waals surface area (Å²) in [6.45, 7) is 4.07. The lowest BCUT2D eigenvalue weighted by Gasteiger charge is -2.12. The molecule has 1 unspecified atom stereocenters. The maximum atomic E-state index is 9.17. The van der Waals surface area contributed by atoms with Gasteiger partial charge in [0, 0.05) is 21.7 Å². The first-order valence-electron chi connectivity index (χ1n) is 7.43. The van der Waals surface area contributed by atoms with Crippen LogP contribution in [0.5, 0.6) is 0 Å². The number of hydrogen-bond donors (Lipinski definition) is 1. The fraction of sp³-hybridized carbons (Fsp3) is 0.167. The van der Waals surface area contributed by atoms with Crippen LogP contribution in [-0.2, 0) is 0 Å². The van der Waals surface area contributed by atoms with Crippen LogP contribution >= 0.6 is 22.9 Å². The van der Waals surface area contributed by atoms with E-state index in [1.165, 1.54) is 0 Å². The summed E-state index contributed by atoms with van der Waals surface area (Å²) in [5, 5.41) is 14.1. The monoisotopic (exact) mass is 354 g/mol. The zero-order valence-electron chi connectivity index (χ0n) is 13.2. The van der Waals surface area contributed by atoms with Crippen molar-refractivity contribution in [2.24, 2.45) is 0 Å². The van der Waals surface area contributed by atoms with Crippen molar-refractivity contribution in [2.45, 2.75) is 19.9 Å². The van der Waals surface area contributed by atoms with Crippen LogP contribution in [0.25, 0.3) is 11.3 Å². The number of halogens is 1. The van der Waals surface area contributed by atoms with Crippen molar-refractivity contribution in [3.8, 4) is 17.3 Å². The number of nitriles is 1. The molecule has 0 aliphatic carbocycles. The number of thiazole rings is 1. The summed E-state index contributed by atoms with van der Waals surface area (Å²) in [6, 6.07) is 13.3. The van der Waals surface area contributed by atoms with Crippen molar-refractivity contribution < 1.29 is 0 Å². The molecule has 4 nitrogen and oxygen atoms in total. The second-order valence-corrected chi connectivity index (χ2v) is 7.01. The third-order valence-corrected chi connectivity index (χ3v) is 4.99. The lowest BCUT2D eigenvalue weighted by Crippen LogP contribution is -2.08. The zero-order valence-corrected chi connectivity index (χ0v) is 14.8. The van der Waals surface area contributed by atoms with Gasteiger partial charge in [-0.05, 0) is 38.1 Å². The van der Waals surface area contributed by atoms with Gasteiger partial charge in [0.25, 0.3) is 0 Å². The molecule has 0 aliphatic heterocycles. The highest BCUT2D eigenvalue weighted by molar-refractivity contribution is 7.12. The fourth-order valence-electron chi connectivity index (χ4n) is 2.36. The molecule has 1 N–H and O–H groups in total. The van der Waals surface area contributed by atoms with E-state index in [2.05, 4.69) is 23.3 Å². The molecule has 1 aromatic carbocycles. The Hall–Kier alpha value is -2.42. The number of aryl methyl sites for hydroxylation is 1. The van der Waals surface area contributed by atoms with Crippen molar-refractivity contribution >= 4 is 28.8 Å². The predicted octanol–water partition coefficient (Wildman–Crippen LogP) is 5.21. The van der Waals surface area contributed by atoms with Gasteiger partial charge in [-0.15, -0.1) is 11.3 Å². The van der Waals surface area contributed by atoms with Crippen LogP contribution in [-0.4, -0.2) is 9.97 Å². The lowest BCUT2D eigenvalue weighted by atomic mass is 10.1. The van der Waals surface area contributed by atoms with Crippen LogP contribution in [0.1, 0.15) is 28.4 Å². The average molecular weight is 355 g/mol. The molecule has 0 spiro atoms. The number of hydrogen-bond acceptors (Lipinski definition) is 5. The molecule has 0 radical (unpaired) electrons. The van der Waals surface area contributed by atoms with Gasteiger partial charge in [0.1, 0.15) is 16.9 Å². The van der Waals surface area contributed by atoms with E-state index in [-0.39, 0.29) is 6.04 Å². The second kappa shape index (κ2) is 7.00. The molecule has 0 amide bonds. The first kappa shape index (κ1) is 16.4. The highest BCUT2D eigenvalue weighted by atomic mass is 35.5. The van der Waals surface area contributed by atoms with Gasteiger partial charge in [-0.1, -0.05) is 23.7 Å². The summed E-state index contributed by atoms with van der Waals surface area (Å²) in [5.74, 6) is 0.577. The standard InChI is InChI=1S/C18H15ClN4S/c1-11(22-17-14(10-20)4-3-9-21-17)18-23-16(12(2)24-18)13-5-7-15(19)8-6-13/h3-9,11H,1-2H3,(H,21,22). The predicted molar refractivity (Wildman–Crippen MR) is 98.3 cm³/mol. The molecule has 3 rings (SSSR count). The summed E-state index contributed by atoms with van der Waals surface area (Å²) in [5.41, 5.74) is 2.53. The molecule has 0 saturated heterocycles. The van der Waals surface area contributed by atoms with Gasteiger partial charge in [-0.3, -0.25) is 0 Å². The number of aromatic nitrogens is 2.